The molecule has 0 saturated heterocycles. The topological polar surface area (TPSA) is 61.9 Å². The van der Waals surface area contributed by atoms with Gasteiger partial charge >= 0.3 is 0 Å². The van der Waals surface area contributed by atoms with Crippen molar-refractivity contribution in [1.29, 1.82) is 0 Å². The van der Waals surface area contributed by atoms with Gasteiger partial charge in [0, 0.05) is 19.6 Å². The maximum Gasteiger partial charge on any atom is 0.262 e. The van der Waals surface area contributed by atoms with Gasteiger partial charge in [-0.25, -0.2) is 0 Å². The summed E-state index contributed by atoms with van der Waals surface area (Å²) in [6.07, 6.45) is 0. The van der Waals surface area contributed by atoms with Crippen LogP contribution in [0.5, 0.6) is 5.75 Å². The van der Waals surface area contributed by atoms with Crippen molar-refractivity contribution in [1.82, 2.24) is 9.80 Å². The Morgan fingerprint density at radius 3 is 2.50 bits per heavy atom. The molecular weight excluding hydrogens is 354 g/mol. The molecule has 1 heterocycles. The van der Waals surface area contributed by atoms with Crippen LogP contribution in [0.4, 0.5) is 5.69 Å². The van der Waals surface area contributed by atoms with Crippen molar-refractivity contribution in [3.63, 3.8) is 0 Å². The molecule has 1 N–H and O–H groups in total. The van der Waals surface area contributed by atoms with Gasteiger partial charge in [0.15, 0.2) is 12.4 Å². The van der Waals surface area contributed by atoms with E-state index >= 15 is 0 Å². The van der Waals surface area contributed by atoms with E-state index < -0.39 is 0 Å². The number of carbonyl (C=O) groups is 2. The average molecular weight is 381 g/mol. The Labute approximate surface area is 166 Å². The molecule has 2 aromatic rings. The van der Waals surface area contributed by atoms with Crippen molar-refractivity contribution >= 4 is 17.5 Å². The van der Waals surface area contributed by atoms with Crippen LogP contribution in [0.2, 0.25) is 0 Å². The fraction of sp³-hybridized carbons (Fsp3) is 0.364. The van der Waals surface area contributed by atoms with Gasteiger partial charge in [-0.1, -0.05) is 50.2 Å². The fourth-order valence-electron chi connectivity index (χ4n) is 3.31. The monoisotopic (exact) mass is 381 g/mol. The molecule has 2 aromatic carbocycles. The molecule has 0 spiro atoms. The van der Waals surface area contributed by atoms with Gasteiger partial charge in [0.05, 0.1) is 11.3 Å². The molecule has 0 unspecified atom stereocenters. The number of nitrogens with one attached hydrogen (secondary N) is 1. The van der Waals surface area contributed by atoms with Crippen molar-refractivity contribution in [3.8, 4) is 5.75 Å². The quantitative estimate of drug-likeness (QED) is 0.764. The molecule has 1 aliphatic rings. The summed E-state index contributed by atoms with van der Waals surface area (Å²) in [5, 5.41) is 2.77. The smallest absolute Gasteiger partial charge is 0.262 e. The summed E-state index contributed by atoms with van der Waals surface area (Å²) < 4.78 is 5.59. The second-order valence-corrected chi connectivity index (χ2v) is 6.76. The SMILES string of the molecule is CCN(CC)CCN(Cc1ccccc1)C(=O)c1cccc2c1OCC(=O)N2. The summed E-state index contributed by atoms with van der Waals surface area (Å²) in [6.45, 7) is 8.00. The molecule has 0 bridgehead atoms. The minimum atomic E-state index is -0.209. The molecular formula is C22H27N3O3. The van der Waals surface area contributed by atoms with E-state index in [9.17, 15) is 9.59 Å². The molecule has 148 valence electrons. The number of hydrogen-bond donors (Lipinski definition) is 1. The van der Waals surface area contributed by atoms with E-state index in [-0.39, 0.29) is 18.4 Å². The van der Waals surface area contributed by atoms with Crippen LogP contribution < -0.4 is 10.1 Å². The molecule has 0 atom stereocenters. The lowest BCUT2D eigenvalue weighted by Crippen LogP contribution is -2.39. The predicted molar refractivity (Wildman–Crippen MR) is 110 cm³/mol. The maximum atomic E-state index is 13.4. The molecule has 28 heavy (non-hydrogen) atoms. The summed E-state index contributed by atoms with van der Waals surface area (Å²) in [4.78, 5) is 29.1. The van der Waals surface area contributed by atoms with E-state index in [1.807, 2.05) is 35.2 Å². The number of ether oxygens (including phenoxy) is 1. The van der Waals surface area contributed by atoms with Gasteiger partial charge in [0.2, 0.25) is 0 Å². The number of carbonyl (C=O) groups excluding carboxylic acids is 2. The van der Waals surface area contributed by atoms with Gasteiger partial charge in [-0.2, -0.15) is 0 Å². The highest BCUT2D eigenvalue weighted by Gasteiger charge is 2.25. The van der Waals surface area contributed by atoms with Crippen molar-refractivity contribution in [2.75, 3.05) is 38.1 Å². The van der Waals surface area contributed by atoms with E-state index in [1.54, 1.807) is 18.2 Å². The number of likely N-dealkylation sites (N-methyl/N-ethyl adjacent to an activating group) is 1. The number of nitrogens with zero attached hydrogens (tertiary/aromatic N) is 2. The number of rotatable bonds is 8. The first-order valence-electron chi connectivity index (χ1n) is 9.73. The number of para-hydroxylation sites is 1. The summed E-state index contributed by atoms with van der Waals surface area (Å²) in [7, 11) is 0. The van der Waals surface area contributed by atoms with Gasteiger partial charge in [0.25, 0.3) is 11.8 Å². The first-order chi connectivity index (χ1) is 13.6. The van der Waals surface area contributed by atoms with E-state index in [0.29, 0.717) is 30.1 Å². The molecule has 0 radical (unpaired) electrons. The van der Waals surface area contributed by atoms with Gasteiger partial charge in [-0.15, -0.1) is 0 Å². The van der Waals surface area contributed by atoms with Gasteiger partial charge in [0.1, 0.15) is 0 Å². The molecule has 2 amide bonds. The highest BCUT2D eigenvalue weighted by molar-refractivity contribution is 6.03. The molecule has 0 aliphatic carbocycles. The molecule has 6 nitrogen and oxygen atoms in total. The number of fused-ring (bicyclic) bond motifs is 1. The maximum absolute atomic E-state index is 13.4. The Bertz CT molecular complexity index is 819. The number of benzene rings is 2. The molecule has 3 rings (SSSR count). The first-order valence-corrected chi connectivity index (χ1v) is 9.73. The number of hydrogen-bond acceptors (Lipinski definition) is 4. The Hall–Kier alpha value is -2.86. The zero-order valence-electron chi connectivity index (χ0n) is 16.5. The van der Waals surface area contributed by atoms with Crippen LogP contribution in [-0.2, 0) is 11.3 Å². The number of amides is 2. The first kappa shape index (κ1) is 19.9. The summed E-state index contributed by atoms with van der Waals surface area (Å²) in [5.74, 6) is 0.150. The zero-order valence-corrected chi connectivity index (χ0v) is 16.5. The standard InChI is InChI=1S/C22H27N3O3/c1-3-24(4-2)13-14-25(15-17-9-6-5-7-10-17)22(27)18-11-8-12-19-21(18)28-16-20(26)23-19/h5-12H,3-4,13-16H2,1-2H3,(H,23,26). The summed E-state index contributed by atoms with van der Waals surface area (Å²) in [5.41, 5.74) is 2.10. The fourth-order valence-corrected chi connectivity index (χ4v) is 3.31. The van der Waals surface area contributed by atoms with E-state index in [4.69, 9.17) is 4.74 Å². The molecule has 1 aliphatic heterocycles. The van der Waals surface area contributed by atoms with Crippen LogP contribution in [0, 0.1) is 0 Å². The largest absolute Gasteiger partial charge is 0.481 e. The average Bonchev–Trinajstić information content (AvgIpc) is 2.73. The highest BCUT2D eigenvalue weighted by Crippen LogP contribution is 2.32. The Kier molecular flexibility index (Phi) is 6.66. The minimum absolute atomic E-state index is 0.0740. The molecule has 6 heteroatoms. The second-order valence-electron chi connectivity index (χ2n) is 6.76. The van der Waals surface area contributed by atoms with Crippen molar-refractivity contribution in [2.45, 2.75) is 20.4 Å². The Morgan fingerprint density at radius 1 is 1.04 bits per heavy atom. The van der Waals surface area contributed by atoms with Crippen LogP contribution in [0.15, 0.2) is 48.5 Å². The van der Waals surface area contributed by atoms with Crippen LogP contribution in [0.3, 0.4) is 0 Å². The minimum Gasteiger partial charge on any atom is -0.481 e. The van der Waals surface area contributed by atoms with E-state index in [0.717, 1.165) is 25.2 Å². The lowest BCUT2D eigenvalue weighted by atomic mass is 10.1. The van der Waals surface area contributed by atoms with Crippen LogP contribution in [0.1, 0.15) is 29.8 Å². The van der Waals surface area contributed by atoms with Gasteiger partial charge < -0.3 is 19.9 Å². The third kappa shape index (κ3) is 4.70. The van der Waals surface area contributed by atoms with E-state index in [1.165, 1.54) is 0 Å². The zero-order chi connectivity index (χ0) is 19.9. The highest BCUT2D eigenvalue weighted by atomic mass is 16.5. The summed E-state index contributed by atoms with van der Waals surface area (Å²) >= 11 is 0. The Balaban J connectivity index is 1.85. The molecule has 0 saturated carbocycles. The predicted octanol–water partition coefficient (Wildman–Crippen LogP) is 3.00. The van der Waals surface area contributed by atoms with Crippen LogP contribution in [-0.4, -0.2) is 54.4 Å². The third-order valence-electron chi connectivity index (χ3n) is 4.95. The van der Waals surface area contributed by atoms with Crippen molar-refractivity contribution in [2.24, 2.45) is 0 Å². The van der Waals surface area contributed by atoms with Crippen molar-refractivity contribution in [3.05, 3.63) is 59.7 Å². The lowest BCUT2D eigenvalue weighted by molar-refractivity contribution is -0.118. The summed E-state index contributed by atoms with van der Waals surface area (Å²) in [6, 6.07) is 15.2. The third-order valence-corrected chi connectivity index (χ3v) is 4.95. The second kappa shape index (κ2) is 9.37. The normalized spacial score (nSPS) is 12.9. The number of anilines is 1. The van der Waals surface area contributed by atoms with Crippen LogP contribution in [0.25, 0.3) is 0 Å². The van der Waals surface area contributed by atoms with Gasteiger partial charge in [-0.05, 0) is 30.8 Å². The van der Waals surface area contributed by atoms with E-state index in [2.05, 4.69) is 24.1 Å². The van der Waals surface area contributed by atoms with Gasteiger partial charge in [-0.3, -0.25) is 9.59 Å². The Morgan fingerprint density at radius 2 is 1.79 bits per heavy atom. The molecule has 0 fully saturated rings. The van der Waals surface area contributed by atoms with Crippen LogP contribution >= 0.6 is 0 Å². The van der Waals surface area contributed by atoms with Crippen molar-refractivity contribution < 1.29 is 14.3 Å². The molecule has 0 aromatic heterocycles. The lowest BCUT2D eigenvalue weighted by Gasteiger charge is -2.28.